The standard InChI is InChI=1S/C15H11F2NO3S/c1-9-13(5-6-20-9)22(19)8-10-7-21-15(18-10)14-11(16)3-2-4-12(14)17/h2-7H,8H2,1H3/t22-/m0/s1. The molecule has 2 aromatic heterocycles. The first-order valence-corrected chi connectivity index (χ1v) is 7.69. The second-order valence-electron chi connectivity index (χ2n) is 4.57. The summed E-state index contributed by atoms with van der Waals surface area (Å²) in [5.41, 5.74) is 0.00982. The molecule has 1 atom stereocenters. The maximum absolute atomic E-state index is 13.7. The lowest BCUT2D eigenvalue weighted by molar-refractivity contribution is 0.525. The summed E-state index contributed by atoms with van der Waals surface area (Å²) in [6.07, 6.45) is 2.69. The summed E-state index contributed by atoms with van der Waals surface area (Å²) in [5.74, 6) is -1.07. The molecule has 0 saturated heterocycles. The zero-order chi connectivity index (χ0) is 15.7. The lowest BCUT2D eigenvalue weighted by Crippen LogP contribution is -1.97. The monoisotopic (exact) mass is 323 g/mol. The highest BCUT2D eigenvalue weighted by Crippen LogP contribution is 2.26. The molecule has 0 fully saturated rings. The minimum atomic E-state index is -1.37. The van der Waals surface area contributed by atoms with Gasteiger partial charge in [-0.1, -0.05) is 6.07 Å². The predicted molar refractivity (Wildman–Crippen MR) is 75.4 cm³/mol. The van der Waals surface area contributed by atoms with Crippen LogP contribution in [0.25, 0.3) is 11.5 Å². The topological polar surface area (TPSA) is 56.2 Å². The molecule has 7 heteroatoms. The third-order valence-corrected chi connectivity index (χ3v) is 4.54. The summed E-state index contributed by atoms with van der Waals surface area (Å²) in [7, 11) is -1.37. The van der Waals surface area contributed by atoms with Gasteiger partial charge in [0.05, 0.1) is 33.4 Å². The Labute approximate surface area is 127 Å². The van der Waals surface area contributed by atoms with E-state index < -0.39 is 22.4 Å². The molecule has 0 aliphatic rings. The summed E-state index contributed by atoms with van der Waals surface area (Å²) >= 11 is 0. The number of hydrogen-bond acceptors (Lipinski definition) is 4. The smallest absolute Gasteiger partial charge is 0.232 e. The van der Waals surface area contributed by atoms with Gasteiger partial charge in [-0.05, 0) is 25.1 Å². The van der Waals surface area contributed by atoms with Crippen molar-refractivity contribution in [3.05, 3.63) is 59.9 Å². The van der Waals surface area contributed by atoms with Crippen LogP contribution in [0, 0.1) is 18.6 Å². The van der Waals surface area contributed by atoms with Gasteiger partial charge in [0.1, 0.15) is 29.2 Å². The van der Waals surface area contributed by atoms with Gasteiger partial charge in [-0.3, -0.25) is 4.21 Å². The number of nitrogens with zero attached hydrogens (tertiary/aromatic N) is 1. The molecule has 114 valence electrons. The number of furan rings is 1. The SMILES string of the molecule is Cc1occc1[S@@](=O)Cc1coc(-c2c(F)cccc2F)n1. The van der Waals surface area contributed by atoms with Crippen LogP contribution < -0.4 is 0 Å². The number of benzene rings is 1. The third kappa shape index (κ3) is 2.71. The van der Waals surface area contributed by atoms with Crippen molar-refractivity contribution in [1.82, 2.24) is 4.98 Å². The quantitative estimate of drug-likeness (QED) is 0.732. The molecular weight excluding hydrogens is 312 g/mol. The second kappa shape index (κ2) is 5.84. The Hall–Kier alpha value is -2.28. The minimum Gasteiger partial charge on any atom is -0.468 e. The summed E-state index contributed by atoms with van der Waals surface area (Å²) in [5, 5.41) is 0. The zero-order valence-corrected chi connectivity index (χ0v) is 12.3. The summed E-state index contributed by atoms with van der Waals surface area (Å²) in [4.78, 5) is 4.57. The van der Waals surface area contributed by atoms with Crippen molar-refractivity contribution in [3.63, 3.8) is 0 Å². The minimum absolute atomic E-state index is 0.0694. The Morgan fingerprint density at radius 3 is 2.55 bits per heavy atom. The van der Waals surface area contributed by atoms with Gasteiger partial charge in [0.2, 0.25) is 5.89 Å². The molecular formula is C15H11F2NO3S. The maximum atomic E-state index is 13.7. The number of aryl methyl sites for hydroxylation is 1. The van der Waals surface area contributed by atoms with Gasteiger partial charge in [0.25, 0.3) is 0 Å². The van der Waals surface area contributed by atoms with Crippen LogP contribution >= 0.6 is 0 Å². The van der Waals surface area contributed by atoms with Crippen molar-refractivity contribution in [2.45, 2.75) is 17.6 Å². The number of rotatable bonds is 4. The van der Waals surface area contributed by atoms with E-state index in [9.17, 15) is 13.0 Å². The molecule has 0 saturated carbocycles. The van der Waals surface area contributed by atoms with Gasteiger partial charge in [-0.25, -0.2) is 13.8 Å². The highest BCUT2D eigenvalue weighted by Gasteiger charge is 2.18. The van der Waals surface area contributed by atoms with Crippen LogP contribution in [-0.4, -0.2) is 9.19 Å². The maximum Gasteiger partial charge on any atom is 0.232 e. The average molecular weight is 323 g/mol. The molecule has 3 rings (SSSR count). The number of hydrogen-bond donors (Lipinski definition) is 0. The molecule has 0 unspecified atom stereocenters. The first kappa shape index (κ1) is 14.6. The van der Waals surface area contributed by atoms with E-state index in [2.05, 4.69) is 4.98 Å². The van der Waals surface area contributed by atoms with Gasteiger partial charge in [-0.2, -0.15) is 0 Å². The van der Waals surface area contributed by atoms with Crippen LogP contribution in [0.1, 0.15) is 11.5 Å². The molecule has 0 bridgehead atoms. The van der Waals surface area contributed by atoms with Crippen LogP contribution in [0.15, 0.2) is 50.5 Å². The van der Waals surface area contributed by atoms with Gasteiger partial charge < -0.3 is 8.83 Å². The fraction of sp³-hybridized carbons (Fsp3) is 0.133. The molecule has 0 amide bonds. The molecule has 1 aromatic carbocycles. The summed E-state index contributed by atoms with van der Waals surface area (Å²) < 4.78 is 49.7. The van der Waals surface area contributed by atoms with Crippen LogP contribution in [-0.2, 0) is 16.6 Å². The fourth-order valence-corrected chi connectivity index (χ4v) is 3.14. The van der Waals surface area contributed by atoms with Crippen molar-refractivity contribution < 1.29 is 21.8 Å². The molecule has 22 heavy (non-hydrogen) atoms. The van der Waals surface area contributed by atoms with Crippen molar-refractivity contribution in [2.75, 3.05) is 0 Å². The normalized spacial score (nSPS) is 12.5. The Kier molecular flexibility index (Phi) is 3.89. The van der Waals surface area contributed by atoms with E-state index in [4.69, 9.17) is 8.83 Å². The molecule has 4 nitrogen and oxygen atoms in total. The molecule has 0 aliphatic carbocycles. The third-order valence-electron chi connectivity index (χ3n) is 3.06. The molecule has 0 N–H and O–H groups in total. The van der Waals surface area contributed by atoms with Gasteiger partial charge in [0, 0.05) is 0 Å². The average Bonchev–Trinajstić information content (AvgIpc) is 3.08. The van der Waals surface area contributed by atoms with Crippen molar-refractivity contribution >= 4 is 10.8 Å². The molecule has 3 aromatic rings. The van der Waals surface area contributed by atoms with E-state index >= 15 is 0 Å². The Morgan fingerprint density at radius 1 is 1.18 bits per heavy atom. The van der Waals surface area contributed by atoms with E-state index in [1.165, 1.54) is 18.6 Å². The van der Waals surface area contributed by atoms with E-state index in [-0.39, 0.29) is 17.2 Å². The van der Waals surface area contributed by atoms with Crippen molar-refractivity contribution in [3.8, 4) is 11.5 Å². The van der Waals surface area contributed by atoms with Crippen LogP contribution in [0.2, 0.25) is 0 Å². The molecule has 0 spiro atoms. The molecule has 0 radical (unpaired) electrons. The van der Waals surface area contributed by atoms with Gasteiger partial charge in [-0.15, -0.1) is 0 Å². The predicted octanol–water partition coefficient (Wildman–Crippen LogP) is 3.83. The van der Waals surface area contributed by atoms with E-state index in [1.807, 2.05) is 0 Å². The van der Waals surface area contributed by atoms with Crippen LogP contribution in [0.4, 0.5) is 8.78 Å². The molecule has 0 aliphatic heterocycles. The summed E-state index contributed by atoms with van der Waals surface area (Å²) in [6.45, 7) is 1.70. The highest BCUT2D eigenvalue weighted by atomic mass is 32.2. The molecule has 2 heterocycles. The van der Waals surface area contributed by atoms with Crippen LogP contribution in [0.5, 0.6) is 0 Å². The Morgan fingerprint density at radius 2 is 1.91 bits per heavy atom. The summed E-state index contributed by atoms with van der Waals surface area (Å²) in [6, 6.07) is 5.11. The second-order valence-corrected chi connectivity index (χ2v) is 5.99. The van der Waals surface area contributed by atoms with Gasteiger partial charge in [0.15, 0.2) is 0 Å². The number of halogens is 2. The first-order chi connectivity index (χ1) is 10.6. The number of aromatic nitrogens is 1. The first-order valence-electron chi connectivity index (χ1n) is 6.37. The Bertz CT molecular complexity index is 821. The highest BCUT2D eigenvalue weighted by molar-refractivity contribution is 7.84. The van der Waals surface area contributed by atoms with Crippen molar-refractivity contribution in [2.24, 2.45) is 0 Å². The fourth-order valence-electron chi connectivity index (χ4n) is 2.01. The van der Waals surface area contributed by atoms with Crippen LogP contribution in [0.3, 0.4) is 0 Å². The van der Waals surface area contributed by atoms with E-state index in [1.54, 1.807) is 13.0 Å². The zero-order valence-electron chi connectivity index (χ0n) is 11.5. The van der Waals surface area contributed by atoms with Crippen molar-refractivity contribution in [1.29, 1.82) is 0 Å². The van der Waals surface area contributed by atoms with Gasteiger partial charge >= 0.3 is 0 Å². The van der Waals surface area contributed by atoms with E-state index in [0.29, 0.717) is 16.3 Å². The largest absolute Gasteiger partial charge is 0.468 e. The van der Waals surface area contributed by atoms with E-state index in [0.717, 1.165) is 12.1 Å². The lowest BCUT2D eigenvalue weighted by Gasteiger charge is -1.99. The Balaban J connectivity index is 1.86. The lowest BCUT2D eigenvalue weighted by atomic mass is 10.2. The number of oxazole rings is 1.